The molecule has 0 atom stereocenters. The zero-order chi connectivity index (χ0) is 17.4. The van der Waals surface area contributed by atoms with Crippen molar-refractivity contribution in [1.29, 1.82) is 0 Å². The van der Waals surface area contributed by atoms with Gasteiger partial charge in [-0.05, 0) is 48.2 Å². The van der Waals surface area contributed by atoms with Gasteiger partial charge in [-0.1, -0.05) is 6.07 Å². The number of nitrogens with zero attached hydrogens (tertiary/aromatic N) is 1. The predicted octanol–water partition coefficient (Wildman–Crippen LogP) is 3.10. The Morgan fingerprint density at radius 3 is 2.42 bits per heavy atom. The predicted molar refractivity (Wildman–Crippen MR) is 84.3 cm³/mol. The normalized spacial score (nSPS) is 13.0. The number of hydrogen-bond donors (Lipinski definition) is 1. The van der Waals surface area contributed by atoms with Crippen molar-refractivity contribution in [2.24, 2.45) is 0 Å². The van der Waals surface area contributed by atoms with Gasteiger partial charge in [0.05, 0.1) is 6.42 Å². The maximum Gasteiger partial charge on any atom is 0.307 e. The second kappa shape index (κ2) is 6.03. The third kappa shape index (κ3) is 2.99. The molecule has 0 unspecified atom stereocenters. The Morgan fingerprint density at radius 2 is 1.79 bits per heavy atom. The number of carboxylic acids is 1. The van der Waals surface area contributed by atoms with Gasteiger partial charge in [-0.3, -0.25) is 9.59 Å². The molecule has 1 aliphatic rings. The molecule has 0 saturated heterocycles. The molecule has 0 aromatic heterocycles. The molecular weight excluding hydrogens is 316 g/mol. The fraction of sp³-hybridized carbons (Fsp3) is 0.222. The highest BCUT2D eigenvalue weighted by Gasteiger charge is 2.27. The Bertz CT molecular complexity index is 828. The van der Waals surface area contributed by atoms with Crippen LogP contribution in [0.15, 0.2) is 30.3 Å². The number of carbonyl (C=O) groups excluding carboxylic acids is 1. The molecule has 1 heterocycles. The van der Waals surface area contributed by atoms with Crippen LogP contribution in [0.1, 0.15) is 27.0 Å². The SMILES string of the molecule is Cc1cc2c(cc1CC(=O)O)CCN2C(=O)c1cc(F)cc(F)c1. The van der Waals surface area contributed by atoms with Gasteiger partial charge in [0.2, 0.25) is 0 Å². The summed E-state index contributed by atoms with van der Waals surface area (Å²) in [5.41, 5.74) is 2.94. The van der Waals surface area contributed by atoms with Crippen LogP contribution in [0.25, 0.3) is 0 Å². The van der Waals surface area contributed by atoms with Crippen molar-refractivity contribution in [3.05, 3.63) is 64.2 Å². The van der Waals surface area contributed by atoms with Crippen LogP contribution in [-0.4, -0.2) is 23.5 Å². The smallest absolute Gasteiger partial charge is 0.307 e. The van der Waals surface area contributed by atoms with Crippen molar-refractivity contribution in [3.8, 4) is 0 Å². The van der Waals surface area contributed by atoms with Gasteiger partial charge in [0.1, 0.15) is 11.6 Å². The number of fused-ring (bicyclic) bond motifs is 1. The molecule has 1 aliphatic heterocycles. The van der Waals surface area contributed by atoms with E-state index in [0.29, 0.717) is 24.2 Å². The standard InChI is InChI=1S/C18H15F2NO3/c1-10-4-16-11(5-12(10)8-17(22)23)2-3-21(16)18(24)13-6-14(19)9-15(20)7-13/h4-7,9H,2-3,8H2,1H3,(H,22,23). The van der Waals surface area contributed by atoms with Crippen molar-refractivity contribution < 1.29 is 23.5 Å². The molecule has 0 aliphatic carbocycles. The Balaban J connectivity index is 1.95. The molecule has 24 heavy (non-hydrogen) atoms. The minimum Gasteiger partial charge on any atom is -0.481 e. The summed E-state index contributed by atoms with van der Waals surface area (Å²) in [6.07, 6.45) is 0.494. The molecule has 0 saturated carbocycles. The summed E-state index contributed by atoms with van der Waals surface area (Å²) in [6.45, 7) is 2.17. The average molecular weight is 331 g/mol. The van der Waals surface area contributed by atoms with Crippen LogP contribution >= 0.6 is 0 Å². The van der Waals surface area contributed by atoms with Crippen LogP contribution in [0.2, 0.25) is 0 Å². The number of hydrogen-bond acceptors (Lipinski definition) is 2. The highest BCUT2D eigenvalue weighted by atomic mass is 19.1. The van der Waals surface area contributed by atoms with Crippen molar-refractivity contribution in [1.82, 2.24) is 0 Å². The van der Waals surface area contributed by atoms with E-state index < -0.39 is 23.5 Å². The van der Waals surface area contributed by atoms with E-state index >= 15 is 0 Å². The molecule has 0 fully saturated rings. The van der Waals surface area contributed by atoms with Gasteiger partial charge >= 0.3 is 5.97 Å². The highest BCUT2D eigenvalue weighted by molar-refractivity contribution is 6.07. The highest BCUT2D eigenvalue weighted by Crippen LogP contribution is 2.32. The fourth-order valence-electron chi connectivity index (χ4n) is 2.99. The zero-order valence-electron chi connectivity index (χ0n) is 13.0. The van der Waals surface area contributed by atoms with E-state index in [0.717, 1.165) is 29.3 Å². The number of halogens is 2. The van der Waals surface area contributed by atoms with Crippen molar-refractivity contribution in [3.63, 3.8) is 0 Å². The fourth-order valence-corrected chi connectivity index (χ4v) is 2.99. The number of rotatable bonds is 3. The van der Waals surface area contributed by atoms with E-state index in [1.807, 2.05) is 0 Å². The second-order valence-electron chi connectivity index (χ2n) is 5.84. The summed E-state index contributed by atoms with van der Waals surface area (Å²) < 4.78 is 26.7. The van der Waals surface area contributed by atoms with Gasteiger partial charge in [-0.2, -0.15) is 0 Å². The zero-order valence-corrected chi connectivity index (χ0v) is 13.0. The maximum atomic E-state index is 13.3. The number of benzene rings is 2. The van der Waals surface area contributed by atoms with Gasteiger partial charge in [0, 0.05) is 23.9 Å². The number of amides is 1. The van der Waals surface area contributed by atoms with Crippen LogP contribution in [0.4, 0.5) is 14.5 Å². The number of aryl methyl sites for hydroxylation is 1. The summed E-state index contributed by atoms with van der Waals surface area (Å²) in [5.74, 6) is -2.99. The second-order valence-corrected chi connectivity index (χ2v) is 5.84. The monoisotopic (exact) mass is 331 g/mol. The van der Waals surface area contributed by atoms with Gasteiger partial charge in [0.15, 0.2) is 0 Å². The molecule has 6 heteroatoms. The van der Waals surface area contributed by atoms with Gasteiger partial charge in [-0.25, -0.2) is 8.78 Å². The first-order valence-corrected chi connectivity index (χ1v) is 7.47. The largest absolute Gasteiger partial charge is 0.481 e. The third-order valence-electron chi connectivity index (χ3n) is 4.13. The first-order valence-electron chi connectivity index (χ1n) is 7.47. The van der Waals surface area contributed by atoms with Crippen LogP contribution in [0.5, 0.6) is 0 Å². The van der Waals surface area contributed by atoms with Crippen molar-refractivity contribution in [2.75, 3.05) is 11.4 Å². The molecule has 2 aromatic rings. The van der Waals surface area contributed by atoms with Crippen LogP contribution < -0.4 is 4.90 Å². The van der Waals surface area contributed by atoms with Gasteiger partial charge in [0.25, 0.3) is 5.91 Å². The molecule has 2 aromatic carbocycles. The maximum absolute atomic E-state index is 13.3. The topological polar surface area (TPSA) is 57.6 Å². The van der Waals surface area contributed by atoms with E-state index in [-0.39, 0.29) is 12.0 Å². The molecule has 3 rings (SSSR count). The molecule has 4 nitrogen and oxygen atoms in total. The molecular formula is C18H15F2NO3. The lowest BCUT2D eigenvalue weighted by molar-refractivity contribution is -0.136. The summed E-state index contributed by atoms with van der Waals surface area (Å²) in [7, 11) is 0. The van der Waals surface area contributed by atoms with Crippen LogP contribution in [-0.2, 0) is 17.6 Å². The minimum absolute atomic E-state index is 0.0485. The molecule has 0 spiro atoms. The van der Waals surface area contributed by atoms with Gasteiger partial charge < -0.3 is 10.0 Å². The van der Waals surface area contributed by atoms with Crippen LogP contribution in [0.3, 0.4) is 0 Å². The summed E-state index contributed by atoms with van der Waals surface area (Å²) >= 11 is 0. The van der Waals surface area contributed by atoms with E-state index in [2.05, 4.69) is 0 Å². The summed E-state index contributed by atoms with van der Waals surface area (Å²) in [6, 6.07) is 6.29. The lowest BCUT2D eigenvalue weighted by Gasteiger charge is -2.19. The number of carboxylic acid groups (broad SMARTS) is 1. The van der Waals surface area contributed by atoms with Crippen molar-refractivity contribution in [2.45, 2.75) is 19.8 Å². The third-order valence-corrected chi connectivity index (χ3v) is 4.13. The Morgan fingerprint density at radius 1 is 1.12 bits per heavy atom. The Kier molecular flexibility index (Phi) is 4.05. The molecule has 1 amide bonds. The van der Waals surface area contributed by atoms with Gasteiger partial charge in [-0.15, -0.1) is 0 Å². The first-order chi connectivity index (χ1) is 11.3. The van der Waals surface area contributed by atoms with Crippen LogP contribution in [0, 0.1) is 18.6 Å². The van der Waals surface area contributed by atoms with E-state index in [1.165, 1.54) is 4.90 Å². The first kappa shape index (κ1) is 16.1. The summed E-state index contributed by atoms with van der Waals surface area (Å²) in [5, 5.41) is 8.95. The van der Waals surface area contributed by atoms with E-state index in [9.17, 15) is 18.4 Å². The molecule has 1 N–H and O–H groups in total. The molecule has 0 bridgehead atoms. The number of anilines is 1. The number of aliphatic carboxylic acids is 1. The molecule has 0 radical (unpaired) electrons. The number of carbonyl (C=O) groups is 2. The summed E-state index contributed by atoms with van der Waals surface area (Å²) in [4.78, 5) is 25.0. The quantitative estimate of drug-likeness (QED) is 0.940. The average Bonchev–Trinajstić information content (AvgIpc) is 2.88. The van der Waals surface area contributed by atoms with Crippen molar-refractivity contribution >= 4 is 17.6 Å². The lowest BCUT2D eigenvalue weighted by Crippen LogP contribution is -2.29. The Hall–Kier alpha value is -2.76. The molecule has 124 valence electrons. The minimum atomic E-state index is -0.917. The Labute approximate surface area is 137 Å². The lowest BCUT2D eigenvalue weighted by atomic mass is 10.0. The van der Waals surface area contributed by atoms with E-state index in [4.69, 9.17) is 5.11 Å². The van der Waals surface area contributed by atoms with E-state index in [1.54, 1.807) is 19.1 Å².